The Morgan fingerprint density at radius 2 is 2.00 bits per heavy atom. The maximum atomic E-state index is 12.5. The number of rotatable bonds is 9. The Balaban J connectivity index is 1.94. The monoisotopic (exact) mass is 414 g/mol. The van der Waals surface area contributed by atoms with Gasteiger partial charge in [0.2, 0.25) is 5.82 Å². The lowest BCUT2D eigenvalue weighted by Crippen LogP contribution is -2.26. The molecule has 0 radical (unpaired) electrons. The fourth-order valence-corrected chi connectivity index (χ4v) is 2.94. The van der Waals surface area contributed by atoms with Crippen LogP contribution in [0.1, 0.15) is 24.0 Å². The van der Waals surface area contributed by atoms with Crippen molar-refractivity contribution < 1.29 is 14.3 Å². The molecular formula is C21H23ClN4O3. The maximum Gasteiger partial charge on any atom is 0.290 e. The number of benzene rings is 2. The summed E-state index contributed by atoms with van der Waals surface area (Å²) in [6.45, 7) is 3.57. The van der Waals surface area contributed by atoms with Crippen molar-refractivity contribution in [1.82, 2.24) is 20.1 Å². The molecule has 0 unspecified atom stereocenters. The lowest BCUT2D eigenvalue weighted by Gasteiger charge is -2.08. The molecule has 1 aromatic heterocycles. The molecule has 0 fully saturated rings. The molecule has 0 aliphatic rings. The second-order valence-electron chi connectivity index (χ2n) is 6.21. The highest BCUT2D eigenvalue weighted by Crippen LogP contribution is 2.25. The van der Waals surface area contributed by atoms with Crippen LogP contribution in [0.3, 0.4) is 0 Å². The van der Waals surface area contributed by atoms with Gasteiger partial charge in [0, 0.05) is 30.8 Å². The molecule has 152 valence electrons. The SMILES string of the molecule is CCOc1ccc(-n2nc(C(=O)NCCCOC)nc2-c2cccc(Cl)c2)cc1. The summed E-state index contributed by atoms with van der Waals surface area (Å²) < 4.78 is 12.1. The number of nitrogens with zero attached hydrogens (tertiary/aromatic N) is 3. The number of nitrogens with one attached hydrogen (secondary N) is 1. The van der Waals surface area contributed by atoms with Gasteiger partial charge in [0.05, 0.1) is 12.3 Å². The molecule has 3 rings (SSSR count). The Morgan fingerprint density at radius 1 is 1.21 bits per heavy atom. The first-order valence-corrected chi connectivity index (χ1v) is 9.73. The van der Waals surface area contributed by atoms with Gasteiger partial charge in [-0.1, -0.05) is 23.7 Å². The Hall–Kier alpha value is -2.90. The molecule has 3 aromatic rings. The first-order chi connectivity index (χ1) is 14.1. The molecule has 0 spiro atoms. The molecule has 0 aliphatic heterocycles. The van der Waals surface area contributed by atoms with Gasteiger partial charge in [-0.05, 0) is 49.7 Å². The average molecular weight is 415 g/mol. The first-order valence-electron chi connectivity index (χ1n) is 9.35. The van der Waals surface area contributed by atoms with E-state index in [1.54, 1.807) is 23.9 Å². The predicted molar refractivity (Wildman–Crippen MR) is 112 cm³/mol. The lowest BCUT2D eigenvalue weighted by molar-refractivity contribution is 0.0938. The van der Waals surface area contributed by atoms with E-state index >= 15 is 0 Å². The number of halogens is 1. The molecule has 0 saturated carbocycles. The normalized spacial score (nSPS) is 10.7. The zero-order valence-electron chi connectivity index (χ0n) is 16.4. The van der Waals surface area contributed by atoms with Crippen molar-refractivity contribution in [1.29, 1.82) is 0 Å². The summed E-state index contributed by atoms with van der Waals surface area (Å²) in [6, 6.07) is 14.7. The maximum absolute atomic E-state index is 12.5. The van der Waals surface area contributed by atoms with Gasteiger partial charge in [0.1, 0.15) is 5.75 Å². The highest BCUT2D eigenvalue weighted by molar-refractivity contribution is 6.30. The number of aromatic nitrogens is 3. The second-order valence-corrected chi connectivity index (χ2v) is 6.65. The van der Waals surface area contributed by atoms with E-state index in [1.165, 1.54) is 0 Å². The molecule has 8 heteroatoms. The van der Waals surface area contributed by atoms with Crippen LogP contribution < -0.4 is 10.1 Å². The van der Waals surface area contributed by atoms with Crippen LogP contribution in [0.25, 0.3) is 17.1 Å². The highest BCUT2D eigenvalue weighted by atomic mass is 35.5. The van der Waals surface area contributed by atoms with Crippen LogP contribution in [-0.4, -0.2) is 47.5 Å². The number of carbonyl (C=O) groups is 1. The van der Waals surface area contributed by atoms with E-state index < -0.39 is 0 Å². The Bertz CT molecular complexity index is 957. The van der Waals surface area contributed by atoms with Crippen molar-refractivity contribution in [3.63, 3.8) is 0 Å². The fraction of sp³-hybridized carbons (Fsp3) is 0.286. The van der Waals surface area contributed by atoms with Crippen molar-refractivity contribution in [2.24, 2.45) is 0 Å². The Morgan fingerprint density at radius 3 is 2.69 bits per heavy atom. The molecule has 2 aromatic carbocycles. The third kappa shape index (κ3) is 5.34. The summed E-state index contributed by atoms with van der Waals surface area (Å²) in [5, 5.41) is 7.83. The van der Waals surface area contributed by atoms with Crippen LogP contribution in [0, 0.1) is 0 Å². The Kier molecular flexibility index (Phi) is 7.21. The molecule has 29 heavy (non-hydrogen) atoms. The van der Waals surface area contributed by atoms with E-state index in [0.29, 0.717) is 37.0 Å². The number of amides is 1. The summed E-state index contributed by atoms with van der Waals surface area (Å²) in [6.07, 6.45) is 0.711. The van der Waals surface area contributed by atoms with Crippen LogP contribution in [0.15, 0.2) is 48.5 Å². The average Bonchev–Trinajstić information content (AvgIpc) is 3.17. The molecule has 0 saturated heterocycles. The minimum Gasteiger partial charge on any atom is -0.494 e. The van der Waals surface area contributed by atoms with Gasteiger partial charge < -0.3 is 14.8 Å². The summed E-state index contributed by atoms with van der Waals surface area (Å²) in [4.78, 5) is 17.0. The van der Waals surface area contributed by atoms with Crippen LogP contribution in [-0.2, 0) is 4.74 Å². The molecule has 1 N–H and O–H groups in total. The van der Waals surface area contributed by atoms with Crippen molar-refractivity contribution in [2.75, 3.05) is 26.9 Å². The fourth-order valence-electron chi connectivity index (χ4n) is 2.75. The molecule has 7 nitrogen and oxygen atoms in total. The number of hydrogen-bond acceptors (Lipinski definition) is 5. The van der Waals surface area contributed by atoms with Gasteiger partial charge in [-0.2, -0.15) is 0 Å². The predicted octanol–water partition coefficient (Wildman–Crippen LogP) is 3.75. The zero-order valence-corrected chi connectivity index (χ0v) is 17.1. The van der Waals surface area contributed by atoms with E-state index in [4.69, 9.17) is 21.1 Å². The van der Waals surface area contributed by atoms with Gasteiger partial charge in [0.15, 0.2) is 5.82 Å². The quantitative estimate of drug-likeness (QED) is 0.539. The first kappa shape index (κ1) is 20.8. The summed E-state index contributed by atoms with van der Waals surface area (Å²) in [5.74, 6) is 1.04. The summed E-state index contributed by atoms with van der Waals surface area (Å²) in [7, 11) is 1.62. The van der Waals surface area contributed by atoms with Crippen LogP contribution >= 0.6 is 11.6 Å². The van der Waals surface area contributed by atoms with Gasteiger partial charge >= 0.3 is 0 Å². The van der Waals surface area contributed by atoms with Crippen LogP contribution in [0.2, 0.25) is 5.02 Å². The lowest BCUT2D eigenvalue weighted by atomic mass is 10.2. The van der Waals surface area contributed by atoms with E-state index in [1.807, 2.05) is 43.3 Å². The Labute approximate surface area is 174 Å². The van der Waals surface area contributed by atoms with Gasteiger partial charge in [0.25, 0.3) is 5.91 Å². The standard InChI is InChI=1S/C21H23ClN4O3/c1-3-29-18-10-8-17(9-11-18)26-20(15-6-4-7-16(22)14-15)24-19(25-26)21(27)23-12-5-13-28-2/h4,6-11,14H,3,5,12-13H2,1-2H3,(H,23,27). The summed E-state index contributed by atoms with van der Waals surface area (Å²) in [5.41, 5.74) is 1.52. The molecule has 0 atom stereocenters. The van der Waals surface area contributed by atoms with E-state index in [-0.39, 0.29) is 11.7 Å². The molecule has 1 heterocycles. The topological polar surface area (TPSA) is 78.3 Å². The number of methoxy groups -OCH3 is 1. The number of hydrogen-bond donors (Lipinski definition) is 1. The molecular weight excluding hydrogens is 392 g/mol. The number of carbonyl (C=O) groups excluding carboxylic acids is 1. The minimum absolute atomic E-state index is 0.0891. The van der Waals surface area contributed by atoms with Gasteiger partial charge in [-0.3, -0.25) is 4.79 Å². The van der Waals surface area contributed by atoms with Gasteiger partial charge in [-0.15, -0.1) is 5.10 Å². The van der Waals surface area contributed by atoms with Crippen molar-refractivity contribution in [3.8, 4) is 22.8 Å². The van der Waals surface area contributed by atoms with E-state index in [2.05, 4.69) is 15.4 Å². The van der Waals surface area contributed by atoms with Crippen molar-refractivity contribution >= 4 is 17.5 Å². The third-order valence-electron chi connectivity index (χ3n) is 4.10. The highest BCUT2D eigenvalue weighted by Gasteiger charge is 2.19. The van der Waals surface area contributed by atoms with E-state index in [0.717, 1.165) is 17.0 Å². The van der Waals surface area contributed by atoms with Crippen molar-refractivity contribution in [3.05, 3.63) is 59.4 Å². The smallest absolute Gasteiger partial charge is 0.290 e. The number of ether oxygens (including phenoxy) is 2. The van der Waals surface area contributed by atoms with Crippen LogP contribution in [0.4, 0.5) is 0 Å². The van der Waals surface area contributed by atoms with Gasteiger partial charge in [-0.25, -0.2) is 9.67 Å². The zero-order chi connectivity index (χ0) is 20.6. The molecule has 1 amide bonds. The second kappa shape index (κ2) is 10.0. The van der Waals surface area contributed by atoms with Crippen molar-refractivity contribution in [2.45, 2.75) is 13.3 Å². The van der Waals surface area contributed by atoms with E-state index in [9.17, 15) is 4.79 Å². The summed E-state index contributed by atoms with van der Waals surface area (Å²) >= 11 is 6.15. The molecule has 0 bridgehead atoms. The van der Waals surface area contributed by atoms with Crippen LogP contribution in [0.5, 0.6) is 5.75 Å². The largest absolute Gasteiger partial charge is 0.494 e. The minimum atomic E-state index is -0.339. The molecule has 0 aliphatic carbocycles. The third-order valence-corrected chi connectivity index (χ3v) is 4.33.